The molecule has 0 radical (unpaired) electrons. The standard InChI is InChI=1S/C17H10Br2ClNO3S2/c1-24-13-5-8(4-11(19)15(13)22)6-14-16(23)21(17(25)26-14)9-2-3-10(18)12(20)7-9/h2-7,22H,1H3/b14-6+. The molecule has 0 aliphatic carbocycles. The molecule has 1 saturated heterocycles. The zero-order valence-electron chi connectivity index (χ0n) is 13.1. The van der Waals surface area contributed by atoms with Crippen LogP contribution in [0.5, 0.6) is 11.5 Å². The molecule has 1 heterocycles. The van der Waals surface area contributed by atoms with Crippen molar-refractivity contribution in [2.75, 3.05) is 12.0 Å². The van der Waals surface area contributed by atoms with Gasteiger partial charge in [-0.2, -0.15) is 0 Å². The van der Waals surface area contributed by atoms with Crippen LogP contribution < -0.4 is 9.64 Å². The molecule has 0 spiro atoms. The quantitative estimate of drug-likeness (QED) is 0.387. The van der Waals surface area contributed by atoms with Crippen LogP contribution in [0.1, 0.15) is 5.56 Å². The van der Waals surface area contributed by atoms with Crippen LogP contribution in [0.25, 0.3) is 6.08 Å². The average molecular weight is 536 g/mol. The average Bonchev–Trinajstić information content (AvgIpc) is 2.87. The minimum atomic E-state index is -0.235. The maximum absolute atomic E-state index is 12.8. The Hall–Kier alpha value is -1.06. The third-order valence-corrected chi connectivity index (χ3v) is 6.66. The van der Waals surface area contributed by atoms with Gasteiger partial charge in [0, 0.05) is 4.47 Å². The molecular formula is C17H10Br2ClNO3S2. The summed E-state index contributed by atoms with van der Waals surface area (Å²) < 4.78 is 6.77. The smallest absolute Gasteiger partial charge is 0.270 e. The van der Waals surface area contributed by atoms with E-state index in [-0.39, 0.29) is 11.7 Å². The lowest BCUT2D eigenvalue weighted by Gasteiger charge is -2.15. The van der Waals surface area contributed by atoms with Crippen LogP contribution in [-0.4, -0.2) is 22.4 Å². The molecule has 0 unspecified atom stereocenters. The Bertz CT molecular complexity index is 965. The number of nitrogens with zero attached hydrogens (tertiary/aromatic N) is 1. The highest BCUT2D eigenvalue weighted by Crippen LogP contribution is 2.40. The maximum atomic E-state index is 12.8. The van der Waals surface area contributed by atoms with Gasteiger partial charge in [-0.3, -0.25) is 9.69 Å². The molecule has 0 atom stereocenters. The molecule has 1 amide bonds. The van der Waals surface area contributed by atoms with E-state index in [0.717, 1.165) is 4.47 Å². The monoisotopic (exact) mass is 533 g/mol. The molecule has 0 bridgehead atoms. The number of phenols is 1. The number of methoxy groups -OCH3 is 1. The number of hydrogen-bond donors (Lipinski definition) is 1. The second kappa shape index (κ2) is 7.90. The van der Waals surface area contributed by atoms with Crippen molar-refractivity contribution in [2.24, 2.45) is 0 Å². The summed E-state index contributed by atoms with van der Waals surface area (Å²) >= 11 is 19.3. The number of carbonyl (C=O) groups excluding carboxylic acids is 1. The van der Waals surface area contributed by atoms with Gasteiger partial charge in [-0.25, -0.2) is 0 Å². The number of thiocarbonyl (C=S) groups is 1. The van der Waals surface area contributed by atoms with E-state index in [2.05, 4.69) is 31.9 Å². The first-order valence-electron chi connectivity index (χ1n) is 7.11. The number of benzene rings is 2. The number of aromatic hydroxyl groups is 1. The normalized spacial score (nSPS) is 15.8. The number of thioether (sulfide) groups is 1. The van der Waals surface area contributed by atoms with Crippen LogP contribution in [0.15, 0.2) is 44.2 Å². The number of anilines is 1. The van der Waals surface area contributed by atoms with Crippen LogP contribution in [0.2, 0.25) is 5.02 Å². The van der Waals surface area contributed by atoms with E-state index in [1.165, 1.54) is 23.8 Å². The van der Waals surface area contributed by atoms with Gasteiger partial charge in [-0.15, -0.1) is 0 Å². The van der Waals surface area contributed by atoms with Gasteiger partial charge in [0.05, 0.1) is 27.2 Å². The van der Waals surface area contributed by atoms with Crippen LogP contribution >= 0.6 is 67.4 Å². The zero-order chi connectivity index (χ0) is 19.0. The second-order valence-electron chi connectivity index (χ2n) is 5.17. The van der Waals surface area contributed by atoms with E-state index in [4.69, 9.17) is 28.6 Å². The molecule has 1 aliphatic rings. The Labute approximate surface area is 181 Å². The predicted molar refractivity (Wildman–Crippen MR) is 117 cm³/mol. The molecule has 2 aromatic rings. The molecule has 1 aliphatic heterocycles. The highest BCUT2D eigenvalue weighted by Gasteiger charge is 2.33. The van der Waals surface area contributed by atoms with E-state index in [9.17, 15) is 9.90 Å². The van der Waals surface area contributed by atoms with Gasteiger partial charge in [0.2, 0.25) is 0 Å². The van der Waals surface area contributed by atoms with Crippen LogP contribution in [-0.2, 0) is 4.79 Å². The van der Waals surface area contributed by atoms with Crippen LogP contribution in [0.3, 0.4) is 0 Å². The van der Waals surface area contributed by atoms with Gasteiger partial charge in [-0.05, 0) is 73.8 Å². The SMILES string of the molecule is COc1cc(/C=C2/SC(=S)N(c3ccc(Br)c(Cl)c3)C2=O)cc(Br)c1O. The molecule has 0 aromatic heterocycles. The molecule has 9 heteroatoms. The zero-order valence-corrected chi connectivity index (χ0v) is 18.7. The summed E-state index contributed by atoms with van der Waals surface area (Å²) in [5.74, 6) is 0.0732. The van der Waals surface area contributed by atoms with Crippen molar-refractivity contribution >= 4 is 89.4 Å². The van der Waals surface area contributed by atoms with E-state index in [1.807, 2.05) is 0 Å². The van der Waals surface area contributed by atoms with Crippen molar-refractivity contribution in [3.63, 3.8) is 0 Å². The van der Waals surface area contributed by atoms with Crippen molar-refractivity contribution in [2.45, 2.75) is 0 Å². The van der Waals surface area contributed by atoms with E-state index >= 15 is 0 Å². The Morgan fingerprint density at radius 2 is 2.00 bits per heavy atom. The summed E-state index contributed by atoms with van der Waals surface area (Å²) in [6, 6.07) is 8.55. The molecule has 4 nitrogen and oxygen atoms in total. The Balaban J connectivity index is 1.97. The van der Waals surface area contributed by atoms with E-state index in [1.54, 1.807) is 36.4 Å². The molecule has 1 fully saturated rings. The first-order chi connectivity index (χ1) is 12.3. The lowest BCUT2D eigenvalue weighted by molar-refractivity contribution is -0.113. The number of amides is 1. The molecule has 3 rings (SSSR count). The maximum Gasteiger partial charge on any atom is 0.270 e. The van der Waals surface area contributed by atoms with Crippen molar-refractivity contribution in [1.29, 1.82) is 0 Å². The fourth-order valence-corrected chi connectivity index (χ4v) is 4.48. The first kappa shape index (κ1) is 19.7. The number of rotatable bonds is 3. The molecule has 26 heavy (non-hydrogen) atoms. The van der Waals surface area contributed by atoms with Crippen LogP contribution in [0.4, 0.5) is 5.69 Å². The first-order valence-corrected chi connectivity index (χ1v) is 10.3. The highest BCUT2D eigenvalue weighted by atomic mass is 79.9. The molecule has 1 N–H and O–H groups in total. The van der Waals surface area contributed by atoms with Crippen molar-refractivity contribution in [3.8, 4) is 11.5 Å². The number of ether oxygens (including phenoxy) is 1. The summed E-state index contributed by atoms with van der Waals surface area (Å²) in [4.78, 5) is 14.7. The Kier molecular flexibility index (Phi) is 5.98. The molecule has 2 aromatic carbocycles. The van der Waals surface area contributed by atoms with Gasteiger partial charge >= 0.3 is 0 Å². The van der Waals surface area contributed by atoms with Gasteiger partial charge in [0.1, 0.15) is 0 Å². The number of halogens is 3. The third-order valence-electron chi connectivity index (χ3n) is 3.52. The number of phenolic OH excluding ortho intramolecular Hbond substituents is 1. The molecule has 134 valence electrons. The number of hydrogen-bond acceptors (Lipinski definition) is 5. The fourth-order valence-electron chi connectivity index (χ4n) is 2.30. The van der Waals surface area contributed by atoms with Gasteiger partial charge < -0.3 is 9.84 Å². The minimum Gasteiger partial charge on any atom is -0.503 e. The second-order valence-corrected chi connectivity index (χ2v) is 8.96. The topological polar surface area (TPSA) is 49.8 Å². The number of carbonyl (C=O) groups is 1. The molecule has 0 saturated carbocycles. The van der Waals surface area contributed by atoms with Crippen molar-refractivity contribution < 1.29 is 14.6 Å². The summed E-state index contributed by atoms with van der Waals surface area (Å²) in [7, 11) is 1.46. The van der Waals surface area contributed by atoms with Gasteiger partial charge in [-0.1, -0.05) is 35.6 Å². The summed E-state index contributed by atoms with van der Waals surface area (Å²) in [6.45, 7) is 0. The minimum absolute atomic E-state index is 0.00158. The highest BCUT2D eigenvalue weighted by molar-refractivity contribution is 9.10. The van der Waals surface area contributed by atoms with E-state index < -0.39 is 0 Å². The third kappa shape index (κ3) is 3.80. The van der Waals surface area contributed by atoms with Gasteiger partial charge in [0.25, 0.3) is 5.91 Å². The van der Waals surface area contributed by atoms with Gasteiger partial charge in [0.15, 0.2) is 15.8 Å². The predicted octanol–water partition coefficient (Wildman–Crippen LogP) is 5.99. The van der Waals surface area contributed by atoms with Crippen molar-refractivity contribution in [1.82, 2.24) is 0 Å². The lowest BCUT2D eigenvalue weighted by Crippen LogP contribution is -2.27. The fraction of sp³-hybridized carbons (Fsp3) is 0.0588. The summed E-state index contributed by atoms with van der Waals surface area (Å²) in [5, 5.41) is 10.4. The largest absolute Gasteiger partial charge is 0.503 e. The lowest BCUT2D eigenvalue weighted by atomic mass is 10.2. The Morgan fingerprint density at radius 1 is 1.27 bits per heavy atom. The van der Waals surface area contributed by atoms with E-state index in [0.29, 0.717) is 35.7 Å². The molecular weight excluding hydrogens is 526 g/mol. The Morgan fingerprint density at radius 3 is 2.65 bits per heavy atom. The summed E-state index contributed by atoms with van der Waals surface area (Å²) in [6.07, 6.45) is 1.70. The van der Waals surface area contributed by atoms with Crippen LogP contribution in [0, 0.1) is 0 Å². The van der Waals surface area contributed by atoms with Crippen molar-refractivity contribution in [3.05, 3.63) is 54.8 Å². The summed E-state index contributed by atoms with van der Waals surface area (Å²) in [5.41, 5.74) is 1.30.